The quantitative estimate of drug-likeness (QED) is 0.693. The molecular weight excluding hydrogens is 192 g/mol. The molecule has 1 heterocycles. The van der Waals surface area contributed by atoms with Crippen LogP contribution < -0.4 is 0 Å². The van der Waals surface area contributed by atoms with Crippen molar-refractivity contribution in [2.24, 2.45) is 0 Å². The van der Waals surface area contributed by atoms with Gasteiger partial charge in [0.2, 0.25) is 0 Å². The molecule has 1 aromatic carbocycles. The van der Waals surface area contributed by atoms with Crippen LogP contribution in [0.5, 0.6) is 0 Å². The van der Waals surface area contributed by atoms with Gasteiger partial charge in [-0.15, -0.1) is 0 Å². The molecule has 1 aliphatic heterocycles. The van der Waals surface area contributed by atoms with E-state index in [1.807, 2.05) is 30.3 Å². The molecule has 0 aromatic heterocycles. The minimum Gasteiger partial charge on any atom is -0.501 e. The first-order chi connectivity index (χ1) is 7.29. The van der Waals surface area contributed by atoms with Crippen molar-refractivity contribution in [2.75, 3.05) is 7.11 Å². The largest absolute Gasteiger partial charge is 0.501 e. The van der Waals surface area contributed by atoms with E-state index < -0.39 is 0 Å². The molecule has 0 amide bonds. The SMILES string of the molecule is COC1=CC(=O)O[C@@H](c2ccccc2)C1. The van der Waals surface area contributed by atoms with Gasteiger partial charge in [-0.05, 0) is 5.56 Å². The van der Waals surface area contributed by atoms with Crippen molar-refractivity contribution in [3.63, 3.8) is 0 Å². The Labute approximate surface area is 88.3 Å². The lowest BCUT2D eigenvalue weighted by Gasteiger charge is -2.22. The van der Waals surface area contributed by atoms with Gasteiger partial charge < -0.3 is 9.47 Å². The Balaban J connectivity index is 2.20. The highest BCUT2D eigenvalue weighted by molar-refractivity contribution is 5.83. The number of methoxy groups -OCH3 is 1. The molecule has 0 bridgehead atoms. The van der Waals surface area contributed by atoms with Gasteiger partial charge in [-0.2, -0.15) is 0 Å². The average Bonchev–Trinajstić information content (AvgIpc) is 2.29. The molecular formula is C12H12O3. The Hall–Kier alpha value is -1.77. The van der Waals surface area contributed by atoms with Gasteiger partial charge in [0, 0.05) is 6.42 Å². The number of cyclic esters (lactones) is 1. The Morgan fingerprint density at radius 2 is 2.07 bits per heavy atom. The lowest BCUT2D eigenvalue weighted by molar-refractivity contribution is -0.145. The molecule has 78 valence electrons. The summed E-state index contributed by atoms with van der Waals surface area (Å²) in [5.74, 6) is 0.326. The number of carbonyl (C=O) groups is 1. The molecule has 0 spiro atoms. The third kappa shape index (κ3) is 2.18. The Morgan fingerprint density at radius 1 is 1.33 bits per heavy atom. The first kappa shape index (κ1) is 9.77. The lowest BCUT2D eigenvalue weighted by Crippen LogP contribution is -2.16. The fraction of sp³-hybridized carbons (Fsp3) is 0.250. The Morgan fingerprint density at radius 3 is 2.73 bits per heavy atom. The van der Waals surface area contributed by atoms with Crippen LogP contribution in [0.1, 0.15) is 18.1 Å². The van der Waals surface area contributed by atoms with Crippen LogP contribution in [0.15, 0.2) is 42.2 Å². The molecule has 1 aliphatic rings. The summed E-state index contributed by atoms with van der Waals surface area (Å²) in [5, 5.41) is 0. The van der Waals surface area contributed by atoms with Crippen molar-refractivity contribution in [1.82, 2.24) is 0 Å². The number of hydrogen-bond donors (Lipinski definition) is 0. The van der Waals surface area contributed by atoms with Gasteiger partial charge in [-0.25, -0.2) is 4.79 Å². The number of rotatable bonds is 2. The van der Waals surface area contributed by atoms with Gasteiger partial charge in [0.05, 0.1) is 13.2 Å². The van der Waals surface area contributed by atoms with Crippen LogP contribution in [0.2, 0.25) is 0 Å². The third-order valence-corrected chi connectivity index (χ3v) is 2.36. The zero-order chi connectivity index (χ0) is 10.7. The third-order valence-electron chi connectivity index (χ3n) is 2.36. The van der Waals surface area contributed by atoms with E-state index in [0.29, 0.717) is 12.2 Å². The van der Waals surface area contributed by atoms with Crippen LogP contribution in [0.25, 0.3) is 0 Å². The van der Waals surface area contributed by atoms with Crippen LogP contribution in [0.4, 0.5) is 0 Å². The molecule has 15 heavy (non-hydrogen) atoms. The molecule has 0 fully saturated rings. The number of hydrogen-bond acceptors (Lipinski definition) is 3. The van der Waals surface area contributed by atoms with Gasteiger partial charge in [-0.1, -0.05) is 30.3 Å². The van der Waals surface area contributed by atoms with Crippen LogP contribution in [-0.2, 0) is 14.3 Å². The van der Waals surface area contributed by atoms with Crippen molar-refractivity contribution in [3.05, 3.63) is 47.7 Å². The van der Waals surface area contributed by atoms with Crippen LogP contribution in [0.3, 0.4) is 0 Å². The molecule has 0 radical (unpaired) electrons. The summed E-state index contributed by atoms with van der Waals surface area (Å²) in [5.41, 5.74) is 0.994. The van der Waals surface area contributed by atoms with Crippen molar-refractivity contribution in [2.45, 2.75) is 12.5 Å². The first-order valence-corrected chi connectivity index (χ1v) is 4.79. The lowest BCUT2D eigenvalue weighted by atomic mass is 10.0. The Kier molecular flexibility index (Phi) is 2.72. The van der Waals surface area contributed by atoms with Crippen LogP contribution in [-0.4, -0.2) is 13.1 Å². The van der Waals surface area contributed by atoms with E-state index in [9.17, 15) is 4.79 Å². The first-order valence-electron chi connectivity index (χ1n) is 4.79. The summed E-state index contributed by atoms with van der Waals surface area (Å²) in [6.45, 7) is 0. The highest BCUT2D eigenvalue weighted by Crippen LogP contribution is 2.28. The minimum atomic E-state index is -0.341. The molecule has 3 nitrogen and oxygen atoms in total. The summed E-state index contributed by atoms with van der Waals surface area (Å²) in [6, 6.07) is 9.66. The smallest absolute Gasteiger partial charge is 0.334 e. The normalized spacial score (nSPS) is 20.5. The molecule has 1 atom stereocenters. The zero-order valence-corrected chi connectivity index (χ0v) is 8.47. The van der Waals surface area contributed by atoms with E-state index in [0.717, 1.165) is 5.56 Å². The van der Waals surface area contributed by atoms with E-state index >= 15 is 0 Å². The average molecular weight is 204 g/mol. The molecule has 0 saturated heterocycles. The second-order valence-electron chi connectivity index (χ2n) is 3.36. The number of ether oxygens (including phenoxy) is 2. The second-order valence-corrected chi connectivity index (χ2v) is 3.36. The van der Waals surface area contributed by atoms with E-state index in [-0.39, 0.29) is 12.1 Å². The van der Waals surface area contributed by atoms with Crippen LogP contribution in [0, 0.1) is 0 Å². The molecule has 0 N–H and O–H groups in total. The predicted octanol–water partition coefficient (Wildman–Crippen LogP) is 2.20. The molecule has 0 unspecified atom stereocenters. The highest BCUT2D eigenvalue weighted by atomic mass is 16.5. The molecule has 2 rings (SSSR count). The van der Waals surface area contributed by atoms with E-state index in [2.05, 4.69) is 0 Å². The standard InChI is InChI=1S/C12H12O3/c1-14-10-7-11(15-12(13)8-10)9-5-3-2-4-6-9/h2-6,8,11H,7H2,1H3/t11-/m1/s1. The van der Waals surface area contributed by atoms with Gasteiger partial charge in [0.25, 0.3) is 0 Å². The monoisotopic (exact) mass is 204 g/mol. The summed E-state index contributed by atoms with van der Waals surface area (Å²) in [4.78, 5) is 11.2. The maximum Gasteiger partial charge on any atom is 0.334 e. The van der Waals surface area contributed by atoms with Crippen molar-refractivity contribution >= 4 is 5.97 Å². The van der Waals surface area contributed by atoms with Crippen molar-refractivity contribution in [1.29, 1.82) is 0 Å². The summed E-state index contributed by atoms with van der Waals surface area (Å²) in [7, 11) is 1.56. The molecule has 0 aliphatic carbocycles. The Bertz CT molecular complexity index is 381. The summed E-state index contributed by atoms with van der Waals surface area (Å²) in [6.07, 6.45) is 1.77. The maximum absolute atomic E-state index is 11.2. The van der Waals surface area contributed by atoms with E-state index in [1.165, 1.54) is 6.08 Å². The topological polar surface area (TPSA) is 35.5 Å². The summed E-state index contributed by atoms with van der Waals surface area (Å²) < 4.78 is 10.3. The molecule has 0 saturated carbocycles. The van der Waals surface area contributed by atoms with E-state index in [4.69, 9.17) is 9.47 Å². The summed E-state index contributed by atoms with van der Waals surface area (Å²) >= 11 is 0. The van der Waals surface area contributed by atoms with Gasteiger partial charge in [-0.3, -0.25) is 0 Å². The number of esters is 1. The number of benzene rings is 1. The van der Waals surface area contributed by atoms with Crippen molar-refractivity contribution in [3.8, 4) is 0 Å². The van der Waals surface area contributed by atoms with Gasteiger partial charge in [0.1, 0.15) is 11.9 Å². The highest BCUT2D eigenvalue weighted by Gasteiger charge is 2.23. The minimum absolute atomic E-state index is 0.223. The van der Waals surface area contributed by atoms with E-state index in [1.54, 1.807) is 7.11 Å². The van der Waals surface area contributed by atoms with Crippen LogP contribution >= 0.6 is 0 Å². The fourth-order valence-electron chi connectivity index (χ4n) is 1.58. The molecule has 3 heteroatoms. The zero-order valence-electron chi connectivity index (χ0n) is 8.47. The second kappa shape index (κ2) is 4.17. The maximum atomic E-state index is 11.2. The molecule has 1 aromatic rings. The predicted molar refractivity (Wildman–Crippen MR) is 55.0 cm³/mol. The van der Waals surface area contributed by atoms with Gasteiger partial charge >= 0.3 is 5.97 Å². The van der Waals surface area contributed by atoms with Crippen molar-refractivity contribution < 1.29 is 14.3 Å². The number of carbonyl (C=O) groups excluding carboxylic acids is 1. The van der Waals surface area contributed by atoms with Gasteiger partial charge in [0.15, 0.2) is 0 Å². The fourth-order valence-corrected chi connectivity index (χ4v) is 1.58.